The number of piperidine rings is 1. The van der Waals surface area contributed by atoms with Crippen molar-refractivity contribution >= 4 is 5.91 Å². The van der Waals surface area contributed by atoms with Gasteiger partial charge >= 0.3 is 0 Å². The smallest absolute Gasteiger partial charge is 0.220 e. The van der Waals surface area contributed by atoms with Gasteiger partial charge in [0.25, 0.3) is 0 Å². The van der Waals surface area contributed by atoms with Crippen LogP contribution in [0.25, 0.3) is 0 Å². The average molecular weight is 288 g/mol. The van der Waals surface area contributed by atoms with Crippen LogP contribution in [0.1, 0.15) is 55.3 Å². The van der Waals surface area contributed by atoms with Crippen LogP contribution in [0.3, 0.4) is 0 Å². The zero-order valence-corrected chi connectivity index (χ0v) is 13.5. The van der Waals surface area contributed by atoms with E-state index in [-0.39, 0.29) is 11.9 Å². The molecule has 0 bridgehead atoms. The van der Waals surface area contributed by atoms with E-state index < -0.39 is 0 Å². The molecule has 0 spiro atoms. The zero-order valence-electron chi connectivity index (χ0n) is 13.5. The van der Waals surface area contributed by atoms with Crippen molar-refractivity contribution in [1.82, 2.24) is 10.6 Å². The minimum Gasteiger partial charge on any atom is -0.350 e. The van der Waals surface area contributed by atoms with Crippen molar-refractivity contribution in [3.63, 3.8) is 0 Å². The molecule has 1 fully saturated rings. The first-order valence-electron chi connectivity index (χ1n) is 8.13. The van der Waals surface area contributed by atoms with Gasteiger partial charge in [-0.25, -0.2) is 0 Å². The third-order valence-corrected chi connectivity index (χ3v) is 4.65. The largest absolute Gasteiger partial charge is 0.350 e. The Balaban J connectivity index is 1.79. The van der Waals surface area contributed by atoms with Gasteiger partial charge in [-0.15, -0.1) is 0 Å². The van der Waals surface area contributed by atoms with Gasteiger partial charge in [-0.2, -0.15) is 0 Å². The summed E-state index contributed by atoms with van der Waals surface area (Å²) in [6.45, 7) is 8.50. The van der Waals surface area contributed by atoms with Gasteiger partial charge in [0.1, 0.15) is 0 Å². The third-order valence-electron chi connectivity index (χ3n) is 4.65. The van der Waals surface area contributed by atoms with Crippen molar-refractivity contribution in [2.45, 2.75) is 52.5 Å². The molecule has 0 radical (unpaired) electrons. The number of amides is 1. The van der Waals surface area contributed by atoms with E-state index in [2.05, 4.69) is 49.6 Å². The fourth-order valence-corrected chi connectivity index (χ4v) is 2.94. The Morgan fingerprint density at radius 2 is 2.00 bits per heavy atom. The summed E-state index contributed by atoms with van der Waals surface area (Å²) in [6, 6.07) is 6.50. The molecule has 1 amide bonds. The topological polar surface area (TPSA) is 41.1 Å². The number of nitrogens with one attached hydrogen (secondary N) is 2. The minimum absolute atomic E-state index is 0.0878. The monoisotopic (exact) mass is 288 g/mol. The fourth-order valence-electron chi connectivity index (χ4n) is 2.94. The Hall–Kier alpha value is -1.35. The molecule has 1 atom stereocenters. The Kier molecular flexibility index (Phi) is 5.80. The van der Waals surface area contributed by atoms with Gasteiger partial charge in [0.2, 0.25) is 5.91 Å². The summed E-state index contributed by atoms with van der Waals surface area (Å²) in [5.41, 5.74) is 3.76. The number of carbonyl (C=O) groups is 1. The van der Waals surface area contributed by atoms with Crippen LogP contribution in [0.2, 0.25) is 0 Å². The SMILES string of the molecule is Cc1ccc(C(C)NC(=O)CCC2CCNCC2)cc1C. The molecule has 21 heavy (non-hydrogen) atoms. The maximum Gasteiger partial charge on any atom is 0.220 e. The first kappa shape index (κ1) is 16.0. The van der Waals surface area contributed by atoms with Gasteiger partial charge in [-0.1, -0.05) is 18.2 Å². The van der Waals surface area contributed by atoms with Crippen LogP contribution in [-0.4, -0.2) is 19.0 Å². The van der Waals surface area contributed by atoms with Crippen LogP contribution in [0.5, 0.6) is 0 Å². The highest BCUT2D eigenvalue weighted by Crippen LogP contribution is 2.19. The van der Waals surface area contributed by atoms with Crippen LogP contribution in [0.15, 0.2) is 18.2 Å². The number of carbonyl (C=O) groups excluding carboxylic acids is 1. The molecule has 1 aliphatic heterocycles. The highest BCUT2D eigenvalue weighted by Gasteiger charge is 2.16. The molecular formula is C18H28N2O. The van der Waals surface area contributed by atoms with Crippen LogP contribution < -0.4 is 10.6 Å². The molecular weight excluding hydrogens is 260 g/mol. The van der Waals surface area contributed by atoms with E-state index in [9.17, 15) is 4.79 Å². The van der Waals surface area contributed by atoms with Gasteiger partial charge in [0, 0.05) is 6.42 Å². The minimum atomic E-state index is 0.0878. The van der Waals surface area contributed by atoms with Crippen molar-refractivity contribution in [3.8, 4) is 0 Å². The Morgan fingerprint density at radius 3 is 2.67 bits per heavy atom. The van der Waals surface area contributed by atoms with Gasteiger partial charge < -0.3 is 10.6 Å². The molecule has 0 aromatic heterocycles. The number of aryl methyl sites for hydroxylation is 2. The molecule has 2 N–H and O–H groups in total. The maximum absolute atomic E-state index is 12.1. The summed E-state index contributed by atoms with van der Waals surface area (Å²) in [4.78, 5) is 12.1. The normalized spacial score (nSPS) is 17.5. The summed E-state index contributed by atoms with van der Waals surface area (Å²) in [7, 11) is 0. The summed E-state index contributed by atoms with van der Waals surface area (Å²) >= 11 is 0. The molecule has 0 saturated carbocycles. The fraction of sp³-hybridized carbons (Fsp3) is 0.611. The molecule has 1 aromatic rings. The Bertz CT molecular complexity index is 478. The molecule has 1 aromatic carbocycles. The van der Waals surface area contributed by atoms with Crippen molar-refractivity contribution < 1.29 is 4.79 Å². The van der Waals surface area contributed by atoms with Gasteiger partial charge in [0.15, 0.2) is 0 Å². The molecule has 0 aliphatic carbocycles. The van der Waals surface area contributed by atoms with Crippen LogP contribution >= 0.6 is 0 Å². The van der Waals surface area contributed by atoms with E-state index in [0.29, 0.717) is 12.3 Å². The van der Waals surface area contributed by atoms with E-state index in [1.165, 1.54) is 29.5 Å². The van der Waals surface area contributed by atoms with E-state index in [1.807, 2.05) is 0 Å². The first-order chi connectivity index (χ1) is 10.1. The van der Waals surface area contributed by atoms with E-state index >= 15 is 0 Å². The summed E-state index contributed by atoms with van der Waals surface area (Å²) in [5, 5.41) is 6.49. The quantitative estimate of drug-likeness (QED) is 0.873. The van der Waals surface area contributed by atoms with Crippen LogP contribution in [0.4, 0.5) is 0 Å². The van der Waals surface area contributed by atoms with Gasteiger partial charge in [0.05, 0.1) is 6.04 Å². The average Bonchev–Trinajstić information content (AvgIpc) is 2.49. The second kappa shape index (κ2) is 7.60. The maximum atomic E-state index is 12.1. The predicted octanol–water partition coefficient (Wildman–Crippen LogP) is 3.26. The molecule has 3 heteroatoms. The van der Waals surface area contributed by atoms with Gasteiger partial charge in [-0.3, -0.25) is 4.79 Å². The molecule has 1 aliphatic rings. The lowest BCUT2D eigenvalue weighted by Gasteiger charge is -2.22. The summed E-state index contributed by atoms with van der Waals surface area (Å²) in [5.74, 6) is 0.896. The van der Waals surface area contributed by atoms with Crippen LogP contribution in [-0.2, 0) is 4.79 Å². The second-order valence-corrected chi connectivity index (χ2v) is 6.36. The molecule has 1 heterocycles. The Morgan fingerprint density at radius 1 is 1.29 bits per heavy atom. The van der Waals surface area contributed by atoms with Crippen molar-refractivity contribution in [2.24, 2.45) is 5.92 Å². The molecule has 2 rings (SSSR count). The number of rotatable bonds is 5. The third kappa shape index (κ3) is 4.85. The highest BCUT2D eigenvalue weighted by atomic mass is 16.1. The van der Waals surface area contributed by atoms with E-state index in [1.54, 1.807) is 0 Å². The summed E-state index contributed by atoms with van der Waals surface area (Å²) < 4.78 is 0. The van der Waals surface area contributed by atoms with E-state index in [0.717, 1.165) is 19.5 Å². The second-order valence-electron chi connectivity index (χ2n) is 6.36. The number of hydrogen-bond donors (Lipinski definition) is 2. The standard InChI is InChI=1S/C18H28N2O/c1-13-4-6-17(12-14(13)2)15(3)20-18(21)7-5-16-8-10-19-11-9-16/h4,6,12,15-16,19H,5,7-11H2,1-3H3,(H,20,21). The highest BCUT2D eigenvalue weighted by molar-refractivity contribution is 5.76. The molecule has 1 unspecified atom stereocenters. The lowest BCUT2D eigenvalue weighted by molar-refractivity contribution is -0.122. The first-order valence-corrected chi connectivity index (χ1v) is 8.13. The lowest BCUT2D eigenvalue weighted by Crippen LogP contribution is -2.30. The van der Waals surface area contributed by atoms with Gasteiger partial charge in [-0.05, 0) is 75.7 Å². The van der Waals surface area contributed by atoms with Crippen molar-refractivity contribution in [2.75, 3.05) is 13.1 Å². The summed E-state index contributed by atoms with van der Waals surface area (Å²) in [6.07, 6.45) is 4.09. The molecule has 116 valence electrons. The van der Waals surface area contributed by atoms with Crippen molar-refractivity contribution in [1.29, 1.82) is 0 Å². The van der Waals surface area contributed by atoms with Crippen LogP contribution in [0, 0.1) is 19.8 Å². The van der Waals surface area contributed by atoms with Crippen molar-refractivity contribution in [3.05, 3.63) is 34.9 Å². The molecule has 3 nitrogen and oxygen atoms in total. The number of benzene rings is 1. The zero-order chi connectivity index (χ0) is 15.2. The molecule has 1 saturated heterocycles. The lowest BCUT2D eigenvalue weighted by atomic mass is 9.93. The predicted molar refractivity (Wildman–Crippen MR) is 87.3 cm³/mol. The number of hydrogen-bond acceptors (Lipinski definition) is 2. The Labute approximate surface area is 128 Å². The van der Waals surface area contributed by atoms with E-state index in [4.69, 9.17) is 0 Å².